The van der Waals surface area contributed by atoms with E-state index < -0.39 is 51.4 Å². The Morgan fingerprint density at radius 1 is 1.17 bits per heavy atom. The van der Waals surface area contributed by atoms with Gasteiger partial charge in [0.25, 0.3) is 0 Å². The standard InChI is InChI=1S/C12H14BF4O5S.K/c1-7-9(11(18)21-12(2,3)4)5-8(22-23(17,19)20)6-10(7)13(14,15)16;/h5-6H,1-4H3;/q-1;+1. The van der Waals surface area contributed by atoms with E-state index in [1.54, 1.807) is 0 Å². The predicted molar refractivity (Wildman–Crippen MR) is 75.7 cm³/mol. The van der Waals surface area contributed by atoms with Crippen LogP contribution in [-0.2, 0) is 15.2 Å². The molecule has 0 aliphatic rings. The van der Waals surface area contributed by atoms with E-state index in [1.165, 1.54) is 20.8 Å². The normalized spacial score (nSPS) is 12.3. The molecule has 0 radical (unpaired) electrons. The SMILES string of the molecule is Cc1c(C(=O)OC(C)(C)C)cc(OS(=O)(=O)F)cc1[B-](F)(F)F.[K+]. The summed E-state index contributed by atoms with van der Waals surface area (Å²) >= 11 is 0. The molecule has 0 N–H and O–H groups in total. The summed E-state index contributed by atoms with van der Waals surface area (Å²) in [5.41, 5.74) is -3.28. The number of esters is 1. The molecule has 12 heteroatoms. The Labute approximate surface area is 180 Å². The Hall–Kier alpha value is -0.139. The van der Waals surface area contributed by atoms with Crippen LogP contribution in [0, 0.1) is 6.92 Å². The van der Waals surface area contributed by atoms with E-state index in [2.05, 4.69) is 4.18 Å². The zero-order chi connectivity index (χ0) is 18.2. The zero-order valence-electron chi connectivity index (χ0n) is 13.7. The molecule has 0 bridgehead atoms. The van der Waals surface area contributed by atoms with Crippen LogP contribution in [0.5, 0.6) is 5.75 Å². The topological polar surface area (TPSA) is 69.7 Å². The molecule has 0 saturated carbocycles. The van der Waals surface area contributed by atoms with E-state index in [-0.39, 0.29) is 51.4 Å². The summed E-state index contributed by atoms with van der Waals surface area (Å²) in [6.45, 7) is -0.0589. The monoisotopic (exact) mass is 396 g/mol. The van der Waals surface area contributed by atoms with Gasteiger partial charge in [0.1, 0.15) is 11.4 Å². The minimum Gasteiger partial charge on any atom is -0.456 e. The quantitative estimate of drug-likeness (QED) is 0.300. The largest absolute Gasteiger partial charge is 1.00 e. The van der Waals surface area contributed by atoms with E-state index in [1.807, 2.05) is 0 Å². The van der Waals surface area contributed by atoms with Crippen LogP contribution in [0.4, 0.5) is 16.8 Å². The molecule has 24 heavy (non-hydrogen) atoms. The maximum absolute atomic E-state index is 13.1. The maximum atomic E-state index is 13.1. The van der Waals surface area contributed by atoms with Crippen LogP contribution in [0.25, 0.3) is 0 Å². The van der Waals surface area contributed by atoms with Gasteiger partial charge < -0.3 is 21.9 Å². The van der Waals surface area contributed by atoms with Gasteiger partial charge in [-0.25, -0.2) is 4.79 Å². The molecular weight excluding hydrogens is 382 g/mol. The summed E-state index contributed by atoms with van der Waals surface area (Å²) in [7, 11) is -5.54. The second-order valence-corrected chi connectivity index (χ2v) is 6.69. The molecular formula is C12H14BF4KO5S. The van der Waals surface area contributed by atoms with Gasteiger partial charge in [-0.05, 0) is 39.8 Å². The molecule has 0 fully saturated rings. The van der Waals surface area contributed by atoms with E-state index in [0.29, 0.717) is 12.1 Å². The van der Waals surface area contributed by atoms with Crippen molar-refractivity contribution >= 4 is 28.9 Å². The molecule has 0 heterocycles. The van der Waals surface area contributed by atoms with Crippen molar-refractivity contribution in [2.24, 2.45) is 0 Å². The third-order valence-corrected chi connectivity index (χ3v) is 2.98. The summed E-state index contributed by atoms with van der Waals surface area (Å²) in [6, 6.07) is 1.01. The van der Waals surface area contributed by atoms with Crippen LogP contribution in [0.15, 0.2) is 12.1 Å². The van der Waals surface area contributed by atoms with Crippen molar-refractivity contribution in [2.75, 3.05) is 0 Å². The van der Waals surface area contributed by atoms with Gasteiger partial charge >= 0.3 is 74.8 Å². The number of rotatable bonds is 4. The van der Waals surface area contributed by atoms with Gasteiger partial charge in [0.05, 0.1) is 5.56 Å². The molecule has 1 aromatic rings. The number of hydrogen-bond acceptors (Lipinski definition) is 5. The smallest absolute Gasteiger partial charge is 0.456 e. The van der Waals surface area contributed by atoms with E-state index in [9.17, 15) is 30.0 Å². The fourth-order valence-corrected chi connectivity index (χ4v) is 2.08. The molecule has 0 aromatic heterocycles. The third kappa shape index (κ3) is 7.40. The molecule has 0 atom stereocenters. The molecule has 130 valence electrons. The predicted octanol–water partition coefficient (Wildman–Crippen LogP) is -0.398. The minimum absolute atomic E-state index is 0. The number of carbonyl (C=O) groups excluding carboxylic acids is 1. The second kappa shape index (κ2) is 8.04. The van der Waals surface area contributed by atoms with Crippen molar-refractivity contribution in [3.05, 3.63) is 23.3 Å². The summed E-state index contributed by atoms with van der Waals surface area (Å²) in [5, 5.41) is 0. The number of benzene rings is 1. The van der Waals surface area contributed by atoms with Gasteiger partial charge in [-0.3, -0.25) is 0 Å². The van der Waals surface area contributed by atoms with Crippen LogP contribution in [-0.4, -0.2) is 27.0 Å². The number of hydrogen-bond donors (Lipinski definition) is 0. The fraction of sp³-hybridized carbons (Fsp3) is 0.417. The van der Waals surface area contributed by atoms with Gasteiger partial charge in [-0.15, -0.1) is 5.46 Å². The van der Waals surface area contributed by atoms with Gasteiger partial charge in [-0.2, -0.15) is 8.42 Å². The molecule has 0 aliphatic carbocycles. The number of carbonyl (C=O) groups is 1. The fourth-order valence-electron chi connectivity index (χ4n) is 1.76. The number of halogens is 4. The molecule has 0 spiro atoms. The second-order valence-electron chi connectivity index (χ2n) is 5.74. The van der Waals surface area contributed by atoms with Crippen LogP contribution >= 0.6 is 0 Å². The average molecular weight is 396 g/mol. The van der Waals surface area contributed by atoms with E-state index >= 15 is 0 Å². The van der Waals surface area contributed by atoms with Crippen molar-refractivity contribution in [1.29, 1.82) is 0 Å². The van der Waals surface area contributed by atoms with Crippen LogP contribution in [0.3, 0.4) is 0 Å². The first kappa shape index (κ1) is 23.9. The average Bonchev–Trinajstić information content (AvgIpc) is 2.25. The molecule has 1 rings (SSSR count). The molecule has 0 aliphatic heterocycles. The molecule has 0 amide bonds. The van der Waals surface area contributed by atoms with Crippen molar-refractivity contribution < 1.29 is 90.3 Å². The first-order valence-corrected chi connectivity index (χ1v) is 7.63. The van der Waals surface area contributed by atoms with Crippen molar-refractivity contribution in [2.45, 2.75) is 33.3 Å². The summed E-state index contributed by atoms with van der Waals surface area (Å²) in [4.78, 5) is 12.0. The maximum Gasteiger partial charge on any atom is 1.00 e. The molecule has 5 nitrogen and oxygen atoms in total. The number of ether oxygens (including phenoxy) is 1. The Morgan fingerprint density at radius 2 is 1.67 bits per heavy atom. The van der Waals surface area contributed by atoms with E-state index in [0.717, 1.165) is 6.92 Å². The third-order valence-electron chi connectivity index (χ3n) is 2.59. The summed E-state index contributed by atoms with van der Waals surface area (Å²) < 4.78 is 81.5. The zero-order valence-corrected chi connectivity index (χ0v) is 17.6. The Morgan fingerprint density at radius 3 is 2.04 bits per heavy atom. The van der Waals surface area contributed by atoms with Gasteiger partial charge in [0, 0.05) is 0 Å². The minimum atomic E-state index is -5.59. The van der Waals surface area contributed by atoms with Crippen molar-refractivity contribution in [3.63, 3.8) is 0 Å². The first-order valence-electron chi connectivity index (χ1n) is 6.32. The van der Waals surface area contributed by atoms with Gasteiger partial charge in [-0.1, -0.05) is 9.45 Å². The van der Waals surface area contributed by atoms with Crippen LogP contribution in [0.2, 0.25) is 0 Å². The van der Waals surface area contributed by atoms with Crippen molar-refractivity contribution in [1.82, 2.24) is 0 Å². The first-order chi connectivity index (χ1) is 10.1. The van der Waals surface area contributed by atoms with Crippen molar-refractivity contribution in [3.8, 4) is 5.75 Å². The molecule has 1 aromatic carbocycles. The summed E-state index contributed by atoms with van der Waals surface area (Å²) in [6.07, 6.45) is 0. The van der Waals surface area contributed by atoms with Crippen LogP contribution < -0.4 is 61.0 Å². The van der Waals surface area contributed by atoms with Gasteiger partial charge in [0.2, 0.25) is 0 Å². The Balaban J connectivity index is 0.00000529. The van der Waals surface area contributed by atoms with Gasteiger partial charge in [0.15, 0.2) is 0 Å². The molecule has 0 unspecified atom stereocenters. The van der Waals surface area contributed by atoms with Crippen LogP contribution in [0.1, 0.15) is 36.7 Å². The Kier molecular flexibility index (Phi) is 7.99. The Bertz CT molecular complexity index is 728. The molecule has 0 saturated heterocycles. The summed E-state index contributed by atoms with van der Waals surface area (Å²) in [5.74, 6) is -2.08. The van der Waals surface area contributed by atoms with E-state index in [4.69, 9.17) is 4.74 Å².